The van der Waals surface area contributed by atoms with Gasteiger partial charge in [-0.25, -0.2) is 0 Å². The molecule has 1 saturated carbocycles. The lowest BCUT2D eigenvalue weighted by molar-refractivity contribution is -0.770. The Morgan fingerprint density at radius 2 is 2.30 bits per heavy atom. The van der Waals surface area contributed by atoms with Crippen LogP contribution in [0.4, 0.5) is 0 Å². The molecule has 0 aromatic heterocycles. The standard InChI is InChI=1S/C5H9NO4/c7-4-2-1-3-5(4)10-6(8)9/h4-5,7H,1-3H2/t4-,5-/m0/s1. The van der Waals surface area contributed by atoms with Crippen LogP contribution in [0.2, 0.25) is 0 Å². The second kappa shape index (κ2) is 2.83. The highest BCUT2D eigenvalue weighted by atomic mass is 17.0. The zero-order chi connectivity index (χ0) is 7.56. The van der Waals surface area contributed by atoms with Gasteiger partial charge in [0.25, 0.3) is 5.09 Å². The van der Waals surface area contributed by atoms with E-state index in [0.29, 0.717) is 12.8 Å². The quantitative estimate of drug-likeness (QED) is 0.444. The molecule has 0 radical (unpaired) electrons. The lowest BCUT2D eigenvalue weighted by Gasteiger charge is -2.10. The summed E-state index contributed by atoms with van der Waals surface area (Å²) >= 11 is 0. The summed E-state index contributed by atoms with van der Waals surface area (Å²) in [6, 6.07) is 0. The maximum atomic E-state index is 9.77. The van der Waals surface area contributed by atoms with Crippen LogP contribution in [-0.4, -0.2) is 22.4 Å². The maximum absolute atomic E-state index is 9.77. The van der Waals surface area contributed by atoms with E-state index in [9.17, 15) is 10.1 Å². The van der Waals surface area contributed by atoms with Gasteiger partial charge in [0.2, 0.25) is 0 Å². The molecule has 1 fully saturated rings. The summed E-state index contributed by atoms with van der Waals surface area (Å²) in [7, 11) is 0. The third-order valence-corrected chi connectivity index (χ3v) is 1.64. The van der Waals surface area contributed by atoms with Crippen LogP contribution in [0.1, 0.15) is 19.3 Å². The molecule has 1 N–H and O–H groups in total. The van der Waals surface area contributed by atoms with Gasteiger partial charge in [-0.15, -0.1) is 10.1 Å². The average Bonchev–Trinajstić information content (AvgIpc) is 2.15. The highest BCUT2D eigenvalue weighted by Crippen LogP contribution is 2.21. The first-order chi connectivity index (χ1) is 4.70. The molecule has 1 aliphatic carbocycles. The number of nitrogens with zero attached hydrogens (tertiary/aromatic N) is 1. The second-order valence-electron chi connectivity index (χ2n) is 2.37. The lowest BCUT2D eigenvalue weighted by Crippen LogP contribution is -2.25. The first-order valence-electron chi connectivity index (χ1n) is 3.19. The highest BCUT2D eigenvalue weighted by molar-refractivity contribution is 4.75. The Labute approximate surface area is 57.7 Å². The Hall–Kier alpha value is -0.840. The Kier molecular flexibility index (Phi) is 2.06. The number of rotatable bonds is 2. The summed E-state index contributed by atoms with van der Waals surface area (Å²) in [6.07, 6.45) is 0.765. The van der Waals surface area contributed by atoms with E-state index in [4.69, 9.17) is 5.11 Å². The summed E-state index contributed by atoms with van der Waals surface area (Å²) in [6.45, 7) is 0. The van der Waals surface area contributed by atoms with Gasteiger partial charge in [-0.3, -0.25) is 0 Å². The van der Waals surface area contributed by atoms with Crippen LogP contribution in [0.25, 0.3) is 0 Å². The Morgan fingerprint density at radius 3 is 2.70 bits per heavy atom. The van der Waals surface area contributed by atoms with E-state index in [1.165, 1.54) is 0 Å². The molecule has 0 heterocycles. The van der Waals surface area contributed by atoms with Gasteiger partial charge >= 0.3 is 0 Å². The van der Waals surface area contributed by atoms with Gasteiger partial charge in [-0.2, -0.15) is 0 Å². The van der Waals surface area contributed by atoms with Gasteiger partial charge in [0.15, 0.2) is 0 Å². The largest absolute Gasteiger partial charge is 0.391 e. The minimum atomic E-state index is -0.848. The topological polar surface area (TPSA) is 72.6 Å². The van der Waals surface area contributed by atoms with E-state index in [0.717, 1.165) is 6.42 Å². The van der Waals surface area contributed by atoms with Crippen molar-refractivity contribution in [3.63, 3.8) is 0 Å². The van der Waals surface area contributed by atoms with E-state index in [2.05, 4.69) is 4.84 Å². The van der Waals surface area contributed by atoms with Crippen LogP contribution in [0, 0.1) is 10.1 Å². The molecule has 5 nitrogen and oxygen atoms in total. The second-order valence-corrected chi connectivity index (χ2v) is 2.37. The van der Waals surface area contributed by atoms with Gasteiger partial charge in [-0.05, 0) is 19.3 Å². The minimum Gasteiger partial charge on any atom is -0.391 e. The van der Waals surface area contributed by atoms with Crippen molar-refractivity contribution in [2.24, 2.45) is 0 Å². The average molecular weight is 147 g/mol. The molecule has 2 atom stereocenters. The van der Waals surface area contributed by atoms with Gasteiger partial charge in [0, 0.05) is 0 Å². The molecule has 0 spiro atoms. The van der Waals surface area contributed by atoms with Crippen molar-refractivity contribution in [1.29, 1.82) is 0 Å². The first kappa shape index (κ1) is 7.27. The van der Waals surface area contributed by atoms with E-state index in [-0.39, 0.29) is 0 Å². The van der Waals surface area contributed by atoms with Crippen LogP contribution in [-0.2, 0) is 4.84 Å². The van der Waals surface area contributed by atoms with Crippen molar-refractivity contribution >= 4 is 0 Å². The van der Waals surface area contributed by atoms with Gasteiger partial charge in [0.1, 0.15) is 6.10 Å². The predicted molar refractivity (Wildman–Crippen MR) is 31.7 cm³/mol. The van der Waals surface area contributed by atoms with Gasteiger partial charge in [0.05, 0.1) is 6.10 Å². The van der Waals surface area contributed by atoms with E-state index in [1.54, 1.807) is 0 Å². The fourth-order valence-electron chi connectivity index (χ4n) is 1.14. The smallest absolute Gasteiger partial charge is 0.294 e. The third kappa shape index (κ3) is 1.57. The summed E-state index contributed by atoms with van der Waals surface area (Å²) in [5.74, 6) is 0. The molecule has 58 valence electrons. The molecule has 1 rings (SSSR count). The molecule has 10 heavy (non-hydrogen) atoms. The minimum absolute atomic E-state index is 0.585. The maximum Gasteiger partial charge on any atom is 0.294 e. The van der Waals surface area contributed by atoms with E-state index >= 15 is 0 Å². The molecule has 0 unspecified atom stereocenters. The van der Waals surface area contributed by atoms with Crippen LogP contribution in [0.3, 0.4) is 0 Å². The zero-order valence-corrected chi connectivity index (χ0v) is 5.40. The first-order valence-corrected chi connectivity index (χ1v) is 3.19. The molecule has 0 aromatic rings. The predicted octanol–water partition coefficient (Wildman–Crippen LogP) is 0.108. The lowest BCUT2D eigenvalue weighted by atomic mass is 10.3. The monoisotopic (exact) mass is 147 g/mol. The summed E-state index contributed by atoms with van der Waals surface area (Å²) in [4.78, 5) is 14.0. The van der Waals surface area contributed by atoms with E-state index in [1.807, 2.05) is 0 Å². The molecule has 5 heteroatoms. The fourth-order valence-corrected chi connectivity index (χ4v) is 1.14. The van der Waals surface area contributed by atoms with Crippen molar-refractivity contribution < 1.29 is 15.0 Å². The molecule has 1 aliphatic rings. The SMILES string of the molecule is O=[N+]([O-])O[C@H]1CCC[C@@H]1O. The van der Waals surface area contributed by atoms with Crippen molar-refractivity contribution in [3.05, 3.63) is 10.1 Å². The van der Waals surface area contributed by atoms with Crippen LogP contribution in [0.5, 0.6) is 0 Å². The van der Waals surface area contributed by atoms with Crippen molar-refractivity contribution in [1.82, 2.24) is 0 Å². The number of hydrogen-bond acceptors (Lipinski definition) is 4. The number of aliphatic hydroxyl groups excluding tert-OH is 1. The van der Waals surface area contributed by atoms with Crippen molar-refractivity contribution in [3.8, 4) is 0 Å². The van der Waals surface area contributed by atoms with Crippen LogP contribution < -0.4 is 0 Å². The van der Waals surface area contributed by atoms with Gasteiger partial charge in [-0.1, -0.05) is 0 Å². The fraction of sp³-hybridized carbons (Fsp3) is 1.00. The summed E-state index contributed by atoms with van der Waals surface area (Å²) in [5, 5.41) is 17.9. The van der Waals surface area contributed by atoms with Crippen molar-refractivity contribution in [2.45, 2.75) is 31.5 Å². The van der Waals surface area contributed by atoms with Crippen LogP contribution >= 0.6 is 0 Å². The van der Waals surface area contributed by atoms with E-state index < -0.39 is 17.3 Å². The summed E-state index contributed by atoms with van der Waals surface area (Å²) in [5.41, 5.74) is 0. The Balaban J connectivity index is 2.33. The third-order valence-electron chi connectivity index (χ3n) is 1.64. The highest BCUT2D eigenvalue weighted by Gasteiger charge is 2.28. The Bertz CT molecular complexity index is 138. The van der Waals surface area contributed by atoms with Gasteiger partial charge < -0.3 is 9.94 Å². The molecular formula is C5H9NO4. The number of aliphatic hydroxyl groups is 1. The molecule has 0 aromatic carbocycles. The molecular weight excluding hydrogens is 138 g/mol. The van der Waals surface area contributed by atoms with Crippen LogP contribution in [0.15, 0.2) is 0 Å². The number of hydrogen-bond donors (Lipinski definition) is 1. The normalized spacial score (nSPS) is 32.1. The molecule has 0 bridgehead atoms. The molecule has 0 aliphatic heterocycles. The van der Waals surface area contributed by atoms with Crippen molar-refractivity contribution in [2.75, 3.05) is 0 Å². The summed E-state index contributed by atoms with van der Waals surface area (Å²) < 4.78 is 0. The zero-order valence-electron chi connectivity index (χ0n) is 5.40. The molecule has 0 amide bonds. The Morgan fingerprint density at radius 1 is 1.60 bits per heavy atom. The molecule has 0 saturated heterocycles.